The lowest BCUT2D eigenvalue weighted by molar-refractivity contribution is 0.136. The smallest absolute Gasteiger partial charge is 0.191 e. The van der Waals surface area contributed by atoms with Gasteiger partial charge in [-0.3, -0.25) is 9.89 Å². The van der Waals surface area contributed by atoms with Crippen molar-refractivity contribution in [3.8, 4) is 0 Å². The van der Waals surface area contributed by atoms with Crippen molar-refractivity contribution in [2.45, 2.75) is 52.1 Å². The van der Waals surface area contributed by atoms with Crippen molar-refractivity contribution in [2.75, 3.05) is 39.9 Å². The van der Waals surface area contributed by atoms with Gasteiger partial charge >= 0.3 is 0 Å². The van der Waals surface area contributed by atoms with E-state index >= 15 is 0 Å². The first-order valence-corrected chi connectivity index (χ1v) is 10.1. The predicted molar refractivity (Wildman–Crippen MR) is 125 cm³/mol. The van der Waals surface area contributed by atoms with Crippen LogP contribution in [0.2, 0.25) is 0 Å². The zero-order valence-corrected chi connectivity index (χ0v) is 19.3. The molecule has 1 aromatic carbocycles. The summed E-state index contributed by atoms with van der Waals surface area (Å²) < 4.78 is 5.56. The van der Waals surface area contributed by atoms with Gasteiger partial charge in [-0.25, -0.2) is 0 Å². The molecule has 1 aromatic rings. The van der Waals surface area contributed by atoms with Gasteiger partial charge in [-0.2, -0.15) is 0 Å². The second kappa shape index (κ2) is 15.1. The molecule has 154 valence electrons. The van der Waals surface area contributed by atoms with Crippen molar-refractivity contribution in [1.82, 2.24) is 15.5 Å². The number of hydrogen-bond donors (Lipinski definition) is 2. The van der Waals surface area contributed by atoms with Crippen molar-refractivity contribution in [3.05, 3.63) is 35.4 Å². The predicted octanol–water partition coefficient (Wildman–Crippen LogP) is 3.77. The lowest BCUT2D eigenvalue weighted by Gasteiger charge is -2.26. The summed E-state index contributed by atoms with van der Waals surface area (Å²) in [6.45, 7) is 8.85. The Morgan fingerprint density at radius 2 is 1.74 bits per heavy atom. The minimum atomic E-state index is 0. The molecule has 27 heavy (non-hydrogen) atoms. The van der Waals surface area contributed by atoms with Gasteiger partial charge < -0.3 is 15.4 Å². The molecule has 2 rings (SSSR count). The zero-order chi connectivity index (χ0) is 18.5. The minimum absolute atomic E-state index is 0. The maximum Gasteiger partial charge on any atom is 0.191 e. The number of nitrogens with one attached hydrogen (secondary N) is 2. The molecule has 1 fully saturated rings. The first kappa shape index (κ1) is 24.2. The van der Waals surface area contributed by atoms with E-state index in [1.807, 2.05) is 0 Å². The fraction of sp³-hybridized carbons (Fsp3) is 0.667. The SMILES string of the molecule is CCCCOCCNC(=NC)NCc1ccc(CN2CCCCC2)cc1.I. The number of likely N-dealkylation sites (tertiary alicyclic amines) is 1. The summed E-state index contributed by atoms with van der Waals surface area (Å²) in [7, 11) is 1.80. The molecule has 0 radical (unpaired) electrons. The largest absolute Gasteiger partial charge is 0.380 e. The van der Waals surface area contributed by atoms with E-state index in [1.165, 1.54) is 49.9 Å². The fourth-order valence-corrected chi connectivity index (χ4v) is 3.13. The number of guanidine groups is 1. The molecule has 6 heteroatoms. The Hall–Kier alpha value is -0.860. The van der Waals surface area contributed by atoms with E-state index in [9.17, 15) is 0 Å². The van der Waals surface area contributed by atoms with Gasteiger partial charge in [-0.05, 0) is 43.5 Å². The third-order valence-corrected chi connectivity index (χ3v) is 4.74. The Morgan fingerprint density at radius 1 is 1.04 bits per heavy atom. The van der Waals surface area contributed by atoms with Crippen LogP contribution in [0.5, 0.6) is 0 Å². The van der Waals surface area contributed by atoms with Crippen LogP contribution in [0.15, 0.2) is 29.3 Å². The van der Waals surface area contributed by atoms with E-state index in [1.54, 1.807) is 7.05 Å². The van der Waals surface area contributed by atoms with E-state index < -0.39 is 0 Å². The van der Waals surface area contributed by atoms with Crippen LogP contribution in [0.3, 0.4) is 0 Å². The Bertz CT molecular complexity index is 515. The van der Waals surface area contributed by atoms with Crippen molar-refractivity contribution in [2.24, 2.45) is 4.99 Å². The number of ether oxygens (including phenoxy) is 1. The average molecular weight is 488 g/mol. The normalized spacial score (nSPS) is 15.3. The number of nitrogens with zero attached hydrogens (tertiary/aromatic N) is 2. The summed E-state index contributed by atoms with van der Waals surface area (Å²) in [5, 5.41) is 6.65. The molecule has 1 aliphatic rings. The molecule has 5 nitrogen and oxygen atoms in total. The number of rotatable bonds is 10. The number of hydrogen-bond acceptors (Lipinski definition) is 3. The van der Waals surface area contributed by atoms with E-state index in [2.05, 4.69) is 51.7 Å². The molecule has 1 aliphatic heterocycles. The van der Waals surface area contributed by atoms with Gasteiger partial charge in [0.15, 0.2) is 5.96 Å². The zero-order valence-electron chi connectivity index (χ0n) is 17.0. The van der Waals surface area contributed by atoms with Gasteiger partial charge in [0, 0.05) is 33.3 Å². The Kier molecular flexibility index (Phi) is 13.5. The molecule has 0 spiro atoms. The highest BCUT2D eigenvalue weighted by Crippen LogP contribution is 2.13. The summed E-state index contributed by atoms with van der Waals surface area (Å²) in [5.74, 6) is 0.821. The van der Waals surface area contributed by atoms with Gasteiger partial charge in [0.05, 0.1) is 6.61 Å². The molecule has 0 saturated carbocycles. The number of piperidine rings is 1. The van der Waals surface area contributed by atoms with Crippen LogP contribution < -0.4 is 10.6 Å². The second-order valence-electron chi connectivity index (χ2n) is 6.97. The van der Waals surface area contributed by atoms with Crippen LogP contribution >= 0.6 is 24.0 Å². The third-order valence-electron chi connectivity index (χ3n) is 4.74. The number of halogens is 1. The molecule has 0 bridgehead atoms. The van der Waals surface area contributed by atoms with Crippen LogP contribution in [-0.4, -0.2) is 50.8 Å². The van der Waals surface area contributed by atoms with E-state index in [0.717, 1.165) is 38.6 Å². The average Bonchev–Trinajstić information content (AvgIpc) is 2.69. The highest BCUT2D eigenvalue weighted by molar-refractivity contribution is 14.0. The molecule has 1 saturated heterocycles. The second-order valence-corrected chi connectivity index (χ2v) is 6.97. The molecular formula is C21H37IN4O. The van der Waals surface area contributed by atoms with Crippen LogP contribution in [-0.2, 0) is 17.8 Å². The minimum Gasteiger partial charge on any atom is -0.380 e. The topological polar surface area (TPSA) is 48.9 Å². The molecule has 0 aromatic heterocycles. The number of unbranched alkanes of at least 4 members (excludes halogenated alkanes) is 1. The van der Waals surface area contributed by atoms with Crippen molar-refractivity contribution in [1.29, 1.82) is 0 Å². The summed E-state index contributed by atoms with van der Waals surface area (Å²) in [5.41, 5.74) is 2.68. The van der Waals surface area contributed by atoms with E-state index in [0.29, 0.717) is 6.61 Å². The maximum absolute atomic E-state index is 5.56. The first-order valence-electron chi connectivity index (χ1n) is 10.1. The van der Waals surface area contributed by atoms with Crippen molar-refractivity contribution < 1.29 is 4.74 Å². The summed E-state index contributed by atoms with van der Waals surface area (Å²) >= 11 is 0. The van der Waals surface area contributed by atoms with Gasteiger partial charge in [-0.1, -0.05) is 44.0 Å². The molecule has 1 heterocycles. The quantitative estimate of drug-likeness (QED) is 0.228. The number of benzene rings is 1. The summed E-state index contributed by atoms with van der Waals surface area (Å²) in [4.78, 5) is 6.82. The van der Waals surface area contributed by atoms with Crippen LogP contribution in [0.25, 0.3) is 0 Å². The van der Waals surface area contributed by atoms with Gasteiger partial charge in [0.25, 0.3) is 0 Å². The number of aliphatic imine (C=N–C) groups is 1. The monoisotopic (exact) mass is 488 g/mol. The van der Waals surface area contributed by atoms with E-state index in [-0.39, 0.29) is 24.0 Å². The lowest BCUT2D eigenvalue weighted by Crippen LogP contribution is -2.38. The molecule has 0 aliphatic carbocycles. The van der Waals surface area contributed by atoms with Crippen molar-refractivity contribution in [3.63, 3.8) is 0 Å². The molecule has 0 unspecified atom stereocenters. The highest BCUT2D eigenvalue weighted by atomic mass is 127. The summed E-state index contributed by atoms with van der Waals surface area (Å²) in [6, 6.07) is 8.94. The Balaban J connectivity index is 0.00000364. The Labute approximate surface area is 182 Å². The van der Waals surface area contributed by atoms with Crippen LogP contribution in [0.4, 0.5) is 0 Å². The van der Waals surface area contributed by atoms with Crippen LogP contribution in [0, 0.1) is 0 Å². The molecule has 0 atom stereocenters. The first-order chi connectivity index (χ1) is 12.8. The van der Waals surface area contributed by atoms with E-state index in [4.69, 9.17) is 4.74 Å². The van der Waals surface area contributed by atoms with Gasteiger partial charge in [0.2, 0.25) is 0 Å². The Morgan fingerprint density at radius 3 is 2.41 bits per heavy atom. The molecular weight excluding hydrogens is 451 g/mol. The van der Waals surface area contributed by atoms with Crippen molar-refractivity contribution >= 4 is 29.9 Å². The maximum atomic E-state index is 5.56. The third kappa shape index (κ3) is 10.3. The summed E-state index contributed by atoms with van der Waals surface area (Å²) in [6.07, 6.45) is 6.38. The van der Waals surface area contributed by atoms with Crippen LogP contribution in [0.1, 0.15) is 50.2 Å². The van der Waals surface area contributed by atoms with Gasteiger partial charge in [0.1, 0.15) is 0 Å². The fourth-order valence-electron chi connectivity index (χ4n) is 3.13. The lowest BCUT2D eigenvalue weighted by atomic mass is 10.1. The highest BCUT2D eigenvalue weighted by Gasteiger charge is 2.10. The standard InChI is InChI=1S/C21H36N4O.HI/c1-3-4-15-26-16-12-23-21(22-2)24-17-19-8-10-20(11-9-19)18-25-13-6-5-7-14-25;/h8-11H,3-7,12-18H2,1-2H3,(H2,22,23,24);1H. The van der Waals surface area contributed by atoms with Gasteiger partial charge in [-0.15, -0.1) is 24.0 Å². The molecule has 2 N–H and O–H groups in total. The molecule has 0 amide bonds.